The lowest BCUT2D eigenvalue weighted by molar-refractivity contribution is -0.468. The fourth-order valence-electron chi connectivity index (χ4n) is 1.43. The largest absolute Gasteiger partial charge is 0.504 e. The zero-order chi connectivity index (χ0) is 12.7. The van der Waals surface area contributed by atoms with Gasteiger partial charge in [-0.1, -0.05) is 19.8 Å². The Bertz CT molecular complexity index is 318. The molecule has 0 saturated heterocycles. The van der Waals surface area contributed by atoms with E-state index in [4.69, 9.17) is 4.74 Å². The topological polar surface area (TPSA) is 72.6 Å². The summed E-state index contributed by atoms with van der Waals surface area (Å²) in [5.74, 6) is 0.983. The van der Waals surface area contributed by atoms with Gasteiger partial charge in [-0.2, -0.15) is 0 Å². The summed E-state index contributed by atoms with van der Waals surface area (Å²) in [4.78, 5) is 9.69. The average molecular weight is 241 g/mol. The first-order valence-corrected chi connectivity index (χ1v) is 5.97. The van der Waals surface area contributed by atoms with Crippen LogP contribution in [0.25, 0.3) is 0 Å². The van der Waals surface area contributed by atoms with Crippen LogP contribution in [0.15, 0.2) is 23.7 Å². The van der Waals surface area contributed by atoms with Crippen LogP contribution in [-0.4, -0.2) is 23.2 Å². The van der Waals surface area contributed by atoms with Crippen molar-refractivity contribution in [2.24, 2.45) is 5.92 Å². The van der Waals surface area contributed by atoms with E-state index in [-0.39, 0.29) is 5.76 Å². The average Bonchev–Trinajstić information content (AvgIpc) is 3.08. The molecule has 0 aromatic rings. The molecule has 0 aromatic heterocycles. The second-order valence-corrected chi connectivity index (χ2v) is 4.16. The van der Waals surface area contributed by atoms with Gasteiger partial charge in [-0.25, -0.2) is 0 Å². The van der Waals surface area contributed by atoms with Crippen molar-refractivity contribution in [1.29, 1.82) is 0 Å². The maximum atomic E-state index is 10.2. The monoisotopic (exact) mass is 241 g/mol. The van der Waals surface area contributed by atoms with Gasteiger partial charge in [-0.3, -0.25) is 10.1 Å². The SMILES string of the molecule is CC/C=C(OCCC1CC1)\C(O)=C/C[N+](=O)[O-]. The number of nitrogens with zero attached hydrogens (tertiary/aromatic N) is 1. The number of aliphatic hydroxyl groups excluding tert-OH is 1. The molecule has 0 atom stereocenters. The third-order valence-corrected chi connectivity index (χ3v) is 2.56. The van der Waals surface area contributed by atoms with Crippen LogP contribution < -0.4 is 0 Å². The van der Waals surface area contributed by atoms with Gasteiger partial charge in [0.05, 0.1) is 6.61 Å². The maximum Gasteiger partial charge on any atom is 0.226 e. The van der Waals surface area contributed by atoms with Crippen molar-refractivity contribution < 1.29 is 14.8 Å². The Hall–Kier alpha value is -1.52. The Morgan fingerprint density at radius 1 is 1.53 bits per heavy atom. The molecule has 5 heteroatoms. The van der Waals surface area contributed by atoms with Crippen LogP contribution in [0.3, 0.4) is 0 Å². The third kappa shape index (κ3) is 5.94. The minimum absolute atomic E-state index is 0.139. The van der Waals surface area contributed by atoms with Gasteiger partial charge in [0.15, 0.2) is 11.5 Å². The van der Waals surface area contributed by atoms with Crippen molar-refractivity contribution in [2.45, 2.75) is 32.6 Å². The number of hydrogen-bond acceptors (Lipinski definition) is 4. The quantitative estimate of drug-likeness (QED) is 0.307. The van der Waals surface area contributed by atoms with Gasteiger partial charge in [-0.05, 0) is 24.8 Å². The first-order chi connectivity index (χ1) is 8.13. The van der Waals surface area contributed by atoms with Gasteiger partial charge >= 0.3 is 0 Å². The van der Waals surface area contributed by atoms with Gasteiger partial charge in [-0.15, -0.1) is 0 Å². The fraction of sp³-hybridized carbons (Fsp3) is 0.667. The number of allylic oxidation sites excluding steroid dienone is 1. The molecule has 0 aromatic carbocycles. The number of nitro groups is 1. The van der Waals surface area contributed by atoms with E-state index in [2.05, 4.69) is 0 Å². The fourth-order valence-corrected chi connectivity index (χ4v) is 1.43. The summed E-state index contributed by atoms with van der Waals surface area (Å²) in [6.45, 7) is 2.09. The van der Waals surface area contributed by atoms with Gasteiger partial charge in [0, 0.05) is 11.0 Å². The highest BCUT2D eigenvalue weighted by Gasteiger charge is 2.21. The molecule has 0 amide bonds. The van der Waals surface area contributed by atoms with Crippen LogP contribution >= 0.6 is 0 Å². The van der Waals surface area contributed by atoms with E-state index in [0.29, 0.717) is 12.4 Å². The van der Waals surface area contributed by atoms with Crippen LogP contribution in [0.2, 0.25) is 0 Å². The molecule has 1 N–H and O–H groups in total. The van der Waals surface area contributed by atoms with Crippen LogP contribution in [0, 0.1) is 16.0 Å². The number of hydrogen-bond donors (Lipinski definition) is 1. The summed E-state index contributed by atoms with van der Waals surface area (Å²) in [7, 11) is 0. The van der Waals surface area contributed by atoms with Crippen molar-refractivity contribution in [1.82, 2.24) is 0 Å². The first-order valence-electron chi connectivity index (χ1n) is 5.97. The lowest BCUT2D eigenvalue weighted by atomic mass is 10.3. The molecular weight excluding hydrogens is 222 g/mol. The van der Waals surface area contributed by atoms with Crippen LogP contribution in [0.5, 0.6) is 0 Å². The number of rotatable bonds is 8. The van der Waals surface area contributed by atoms with E-state index in [0.717, 1.165) is 18.8 Å². The first kappa shape index (κ1) is 13.5. The summed E-state index contributed by atoms with van der Waals surface area (Å²) < 4.78 is 5.45. The molecule has 0 spiro atoms. The molecule has 0 bridgehead atoms. The Kier molecular flexibility index (Phi) is 5.52. The van der Waals surface area contributed by atoms with E-state index in [1.807, 2.05) is 6.92 Å². The van der Waals surface area contributed by atoms with Gasteiger partial charge in [0.2, 0.25) is 6.54 Å². The molecule has 0 radical (unpaired) electrons. The molecule has 96 valence electrons. The van der Waals surface area contributed by atoms with Gasteiger partial charge < -0.3 is 9.84 Å². The highest BCUT2D eigenvalue weighted by atomic mass is 16.6. The van der Waals surface area contributed by atoms with Crippen molar-refractivity contribution in [3.63, 3.8) is 0 Å². The van der Waals surface area contributed by atoms with Gasteiger partial charge in [0.25, 0.3) is 0 Å². The second kappa shape index (κ2) is 6.93. The van der Waals surface area contributed by atoms with Crippen molar-refractivity contribution in [3.8, 4) is 0 Å². The van der Waals surface area contributed by atoms with E-state index < -0.39 is 11.5 Å². The Morgan fingerprint density at radius 2 is 2.24 bits per heavy atom. The lowest BCUT2D eigenvalue weighted by Crippen LogP contribution is -2.03. The smallest absolute Gasteiger partial charge is 0.226 e. The lowest BCUT2D eigenvalue weighted by Gasteiger charge is -2.09. The van der Waals surface area contributed by atoms with Crippen LogP contribution in [-0.2, 0) is 4.74 Å². The minimum atomic E-state index is -0.496. The zero-order valence-corrected chi connectivity index (χ0v) is 10.1. The molecule has 5 nitrogen and oxygen atoms in total. The van der Waals surface area contributed by atoms with Crippen LogP contribution in [0.4, 0.5) is 0 Å². The van der Waals surface area contributed by atoms with Crippen LogP contribution in [0.1, 0.15) is 32.6 Å². The molecular formula is C12H19NO4. The molecule has 1 saturated carbocycles. The minimum Gasteiger partial charge on any atom is -0.504 e. The summed E-state index contributed by atoms with van der Waals surface area (Å²) in [6.07, 6.45) is 7.13. The Labute approximate surface area is 101 Å². The highest BCUT2D eigenvalue weighted by Crippen LogP contribution is 2.32. The van der Waals surface area contributed by atoms with Crippen molar-refractivity contribution in [3.05, 3.63) is 33.8 Å². The maximum absolute atomic E-state index is 10.2. The summed E-state index contributed by atoms with van der Waals surface area (Å²) in [5, 5.41) is 19.8. The third-order valence-electron chi connectivity index (χ3n) is 2.56. The van der Waals surface area contributed by atoms with E-state index in [1.165, 1.54) is 18.9 Å². The highest BCUT2D eigenvalue weighted by molar-refractivity contribution is 5.18. The number of aliphatic hydroxyl groups is 1. The molecule has 1 aliphatic carbocycles. The molecule has 0 heterocycles. The predicted molar refractivity (Wildman–Crippen MR) is 64.2 cm³/mol. The predicted octanol–water partition coefficient (Wildman–Crippen LogP) is 2.82. The zero-order valence-electron chi connectivity index (χ0n) is 10.1. The molecule has 1 rings (SSSR count). The molecule has 1 aliphatic rings. The van der Waals surface area contributed by atoms with Crippen molar-refractivity contribution >= 4 is 0 Å². The summed E-state index contributed by atoms with van der Waals surface area (Å²) in [5.41, 5.74) is 0. The summed E-state index contributed by atoms with van der Waals surface area (Å²) in [6, 6.07) is 0. The molecule has 0 aliphatic heterocycles. The standard InChI is InChI=1S/C12H19NO4/c1-2-3-12(11(14)6-8-13(15)16)17-9-7-10-4-5-10/h3,6,10,14H,2,4-5,7-9H2,1H3/b11-6+,12-3+. The van der Waals surface area contributed by atoms with Gasteiger partial charge in [0.1, 0.15) is 0 Å². The molecule has 1 fully saturated rings. The van der Waals surface area contributed by atoms with E-state index in [9.17, 15) is 15.2 Å². The van der Waals surface area contributed by atoms with E-state index >= 15 is 0 Å². The van der Waals surface area contributed by atoms with Crippen molar-refractivity contribution in [2.75, 3.05) is 13.2 Å². The number of ether oxygens (including phenoxy) is 1. The Balaban J connectivity index is 2.41. The Morgan fingerprint density at radius 3 is 2.76 bits per heavy atom. The normalized spacial score (nSPS) is 17.0. The van der Waals surface area contributed by atoms with E-state index in [1.54, 1.807) is 6.08 Å². The molecule has 17 heavy (non-hydrogen) atoms. The molecule has 0 unspecified atom stereocenters. The second-order valence-electron chi connectivity index (χ2n) is 4.16. The summed E-state index contributed by atoms with van der Waals surface area (Å²) >= 11 is 0.